The second kappa shape index (κ2) is 6.89. The first-order valence-corrected chi connectivity index (χ1v) is 7.50. The quantitative estimate of drug-likeness (QED) is 0.771. The number of carbonyl (C=O) groups is 1. The summed E-state index contributed by atoms with van der Waals surface area (Å²) in [6.07, 6.45) is 2.42. The number of nitrogens with one attached hydrogen (secondary N) is 1. The van der Waals surface area contributed by atoms with Crippen molar-refractivity contribution in [3.8, 4) is 0 Å². The van der Waals surface area contributed by atoms with Crippen molar-refractivity contribution in [2.75, 3.05) is 18.0 Å². The molecule has 0 saturated heterocycles. The Hall–Kier alpha value is -1.62. The molecule has 5 heteroatoms. The summed E-state index contributed by atoms with van der Waals surface area (Å²) in [5.41, 5.74) is 6.63. The van der Waals surface area contributed by atoms with Gasteiger partial charge in [-0.1, -0.05) is 19.9 Å². The van der Waals surface area contributed by atoms with Crippen LogP contribution in [0.2, 0.25) is 0 Å². The Morgan fingerprint density at radius 2 is 2.19 bits per heavy atom. The number of carbonyl (C=O) groups excluding carboxylic acids is 1. The fourth-order valence-corrected chi connectivity index (χ4v) is 2.34. The van der Waals surface area contributed by atoms with Gasteiger partial charge in [-0.25, -0.2) is 4.39 Å². The van der Waals surface area contributed by atoms with Crippen molar-refractivity contribution >= 4 is 11.6 Å². The van der Waals surface area contributed by atoms with E-state index >= 15 is 0 Å². The number of hydrogen-bond donors (Lipinski definition) is 2. The number of anilines is 1. The molecule has 1 aliphatic rings. The number of nitrogens with two attached hydrogens (primary N) is 1. The van der Waals surface area contributed by atoms with Crippen LogP contribution in [0, 0.1) is 11.7 Å². The zero-order chi connectivity index (χ0) is 15.4. The molecule has 1 aliphatic carbocycles. The van der Waals surface area contributed by atoms with Gasteiger partial charge in [-0.3, -0.25) is 4.79 Å². The summed E-state index contributed by atoms with van der Waals surface area (Å²) < 4.78 is 14.3. The maximum Gasteiger partial charge on any atom is 0.236 e. The van der Waals surface area contributed by atoms with Gasteiger partial charge >= 0.3 is 0 Å². The summed E-state index contributed by atoms with van der Waals surface area (Å²) >= 11 is 0. The van der Waals surface area contributed by atoms with Gasteiger partial charge in [0.25, 0.3) is 0 Å². The predicted octanol–water partition coefficient (Wildman–Crippen LogP) is 2.03. The SMILES string of the molecule is CC(C)CN(CC(N)=O)c1ccc(CNC2CC2)cc1F. The molecule has 0 atom stereocenters. The van der Waals surface area contributed by atoms with E-state index in [1.807, 2.05) is 19.9 Å². The minimum atomic E-state index is -0.450. The van der Waals surface area contributed by atoms with Crippen molar-refractivity contribution in [3.05, 3.63) is 29.6 Å². The molecule has 0 spiro atoms. The molecule has 1 amide bonds. The first kappa shape index (κ1) is 15.8. The zero-order valence-electron chi connectivity index (χ0n) is 12.7. The normalized spacial score (nSPS) is 14.5. The molecule has 1 fully saturated rings. The molecule has 4 nitrogen and oxygen atoms in total. The van der Waals surface area contributed by atoms with Crippen molar-refractivity contribution in [2.24, 2.45) is 11.7 Å². The van der Waals surface area contributed by atoms with Crippen LogP contribution < -0.4 is 16.0 Å². The summed E-state index contributed by atoms with van der Waals surface area (Å²) in [6.45, 7) is 5.37. The van der Waals surface area contributed by atoms with E-state index in [1.54, 1.807) is 17.0 Å². The molecule has 0 unspecified atom stereocenters. The van der Waals surface area contributed by atoms with Crippen molar-refractivity contribution in [3.63, 3.8) is 0 Å². The minimum Gasteiger partial charge on any atom is -0.368 e. The zero-order valence-corrected chi connectivity index (χ0v) is 12.7. The Kier molecular flexibility index (Phi) is 5.17. The molecular formula is C16H24FN3O. The maximum atomic E-state index is 14.3. The Labute approximate surface area is 125 Å². The summed E-state index contributed by atoms with van der Waals surface area (Å²) in [4.78, 5) is 12.9. The molecule has 3 N–H and O–H groups in total. The van der Waals surface area contributed by atoms with E-state index in [9.17, 15) is 9.18 Å². The number of amides is 1. The lowest BCUT2D eigenvalue weighted by Gasteiger charge is -2.26. The molecule has 0 aliphatic heterocycles. The van der Waals surface area contributed by atoms with Crippen LogP contribution in [0.1, 0.15) is 32.3 Å². The van der Waals surface area contributed by atoms with Gasteiger partial charge in [0.15, 0.2) is 0 Å². The Morgan fingerprint density at radius 3 is 2.71 bits per heavy atom. The van der Waals surface area contributed by atoms with Gasteiger partial charge in [0.1, 0.15) is 5.82 Å². The van der Waals surface area contributed by atoms with Gasteiger partial charge in [0, 0.05) is 19.1 Å². The van der Waals surface area contributed by atoms with E-state index in [-0.39, 0.29) is 12.4 Å². The standard InChI is InChI=1S/C16H24FN3O/c1-11(2)9-20(10-16(18)21)15-6-3-12(7-14(15)17)8-19-13-4-5-13/h3,6-7,11,13,19H,4-5,8-10H2,1-2H3,(H2,18,21). The van der Waals surface area contributed by atoms with Crippen LogP contribution in [0.15, 0.2) is 18.2 Å². The van der Waals surface area contributed by atoms with Crippen LogP contribution in [0.5, 0.6) is 0 Å². The van der Waals surface area contributed by atoms with Gasteiger partial charge in [-0.15, -0.1) is 0 Å². The molecule has 0 bridgehead atoms. The average molecular weight is 293 g/mol. The molecule has 1 aromatic rings. The molecule has 1 saturated carbocycles. The Morgan fingerprint density at radius 1 is 1.48 bits per heavy atom. The molecule has 21 heavy (non-hydrogen) atoms. The van der Waals surface area contributed by atoms with E-state index in [0.29, 0.717) is 30.7 Å². The third-order valence-corrected chi connectivity index (χ3v) is 3.46. The Bertz CT molecular complexity index is 500. The molecule has 2 rings (SSSR count). The number of nitrogens with zero attached hydrogens (tertiary/aromatic N) is 1. The highest BCUT2D eigenvalue weighted by Crippen LogP contribution is 2.23. The largest absolute Gasteiger partial charge is 0.368 e. The van der Waals surface area contributed by atoms with Gasteiger partial charge in [0.2, 0.25) is 5.91 Å². The molecule has 0 heterocycles. The highest BCUT2D eigenvalue weighted by molar-refractivity contribution is 5.79. The lowest BCUT2D eigenvalue weighted by molar-refractivity contribution is -0.116. The van der Waals surface area contributed by atoms with Gasteiger partial charge < -0.3 is 16.0 Å². The average Bonchev–Trinajstić information content (AvgIpc) is 3.18. The van der Waals surface area contributed by atoms with Crippen molar-refractivity contribution in [1.82, 2.24) is 5.32 Å². The number of hydrogen-bond acceptors (Lipinski definition) is 3. The number of halogens is 1. The van der Waals surface area contributed by atoms with Crippen LogP contribution in [0.3, 0.4) is 0 Å². The lowest BCUT2D eigenvalue weighted by Crippen LogP contribution is -2.36. The topological polar surface area (TPSA) is 58.4 Å². The predicted molar refractivity (Wildman–Crippen MR) is 82.5 cm³/mol. The van der Waals surface area contributed by atoms with E-state index in [1.165, 1.54) is 12.8 Å². The minimum absolute atomic E-state index is 0.0365. The van der Waals surface area contributed by atoms with Crippen LogP contribution in [0.25, 0.3) is 0 Å². The van der Waals surface area contributed by atoms with E-state index in [0.717, 1.165) is 5.56 Å². The van der Waals surface area contributed by atoms with Gasteiger partial charge in [-0.2, -0.15) is 0 Å². The van der Waals surface area contributed by atoms with Gasteiger partial charge in [-0.05, 0) is 36.5 Å². The fraction of sp³-hybridized carbons (Fsp3) is 0.562. The molecule has 1 aromatic carbocycles. The number of primary amides is 1. The summed E-state index contributed by atoms with van der Waals surface area (Å²) in [7, 11) is 0. The van der Waals surface area contributed by atoms with Crippen molar-refractivity contribution in [1.29, 1.82) is 0 Å². The van der Waals surface area contributed by atoms with Crippen molar-refractivity contribution in [2.45, 2.75) is 39.3 Å². The highest BCUT2D eigenvalue weighted by atomic mass is 19.1. The fourth-order valence-electron chi connectivity index (χ4n) is 2.34. The Balaban J connectivity index is 2.09. The van der Waals surface area contributed by atoms with E-state index in [2.05, 4.69) is 5.32 Å². The lowest BCUT2D eigenvalue weighted by atomic mass is 10.1. The summed E-state index contributed by atoms with van der Waals surface area (Å²) in [5, 5.41) is 3.36. The van der Waals surface area contributed by atoms with Crippen molar-refractivity contribution < 1.29 is 9.18 Å². The van der Waals surface area contributed by atoms with Crippen LogP contribution in [-0.2, 0) is 11.3 Å². The highest BCUT2D eigenvalue weighted by Gasteiger charge is 2.20. The number of rotatable bonds is 8. The third-order valence-electron chi connectivity index (χ3n) is 3.46. The van der Waals surface area contributed by atoms with E-state index < -0.39 is 5.91 Å². The third kappa shape index (κ3) is 5.01. The molecule has 0 aromatic heterocycles. The van der Waals surface area contributed by atoms with E-state index in [4.69, 9.17) is 5.73 Å². The molecule has 0 radical (unpaired) electrons. The summed E-state index contributed by atoms with van der Waals surface area (Å²) in [5.74, 6) is -0.429. The van der Waals surface area contributed by atoms with Crippen LogP contribution in [0.4, 0.5) is 10.1 Å². The smallest absolute Gasteiger partial charge is 0.236 e. The van der Waals surface area contributed by atoms with Gasteiger partial charge in [0.05, 0.1) is 12.2 Å². The molecule has 116 valence electrons. The number of benzene rings is 1. The maximum absolute atomic E-state index is 14.3. The van der Waals surface area contributed by atoms with Crippen LogP contribution in [-0.4, -0.2) is 25.0 Å². The van der Waals surface area contributed by atoms with Crippen LogP contribution >= 0.6 is 0 Å². The second-order valence-corrected chi connectivity index (χ2v) is 6.18. The summed E-state index contributed by atoms with van der Waals surface area (Å²) in [6, 6.07) is 5.78. The first-order valence-electron chi connectivity index (χ1n) is 7.50. The monoisotopic (exact) mass is 293 g/mol. The first-order chi connectivity index (χ1) is 9.95. The molecular weight excluding hydrogens is 269 g/mol. The second-order valence-electron chi connectivity index (χ2n) is 6.18.